The molecule has 0 saturated heterocycles. The molecule has 1 saturated carbocycles. The van der Waals surface area contributed by atoms with Crippen molar-refractivity contribution in [1.82, 2.24) is 10.6 Å². The van der Waals surface area contributed by atoms with Gasteiger partial charge in [0.25, 0.3) is 0 Å². The van der Waals surface area contributed by atoms with Crippen LogP contribution in [0.1, 0.15) is 134 Å². The van der Waals surface area contributed by atoms with Gasteiger partial charge in [0.05, 0.1) is 23.3 Å². The summed E-state index contributed by atoms with van der Waals surface area (Å²) in [5.74, 6) is -0.666. The highest BCUT2D eigenvalue weighted by Gasteiger charge is 2.50. The highest BCUT2D eigenvalue weighted by molar-refractivity contribution is 6.05. The number of carbonyl (C=O) groups is 2. The average molecular weight is 579 g/mol. The van der Waals surface area contributed by atoms with Crippen LogP contribution in [-0.4, -0.2) is 33.2 Å². The Morgan fingerprint density at radius 2 is 0.976 bits per heavy atom. The zero-order valence-electron chi connectivity index (χ0n) is 26.3. The summed E-state index contributed by atoms with van der Waals surface area (Å²) in [4.78, 5) is 28.9. The van der Waals surface area contributed by atoms with E-state index in [-0.39, 0.29) is 11.8 Å². The lowest BCUT2D eigenvalue weighted by Gasteiger charge is -2.43. The molecule has 1 fully saturated rings. The molecule has 2 aromatic carbocycles. The largest absolute Gasteiger partial charge is 0.387 e. The van der Waals surface area contributed by atoms with Gasteiger partial charge in [0.1, 0.15) is 5.41 Å². The Morgan fingerprint density at radius 1 is 0.643 bits per heavy atom. The molecule has 0 radical (unpaired) electrons. The van der Waals surface area contributed by atoms with Gasteiger partial charge in [-0.1, -0.05) is 133 Å². The number of hydrogen-bond acceptors (Lipinski definition) is 4. The Hall–Kier alpha value is -2.70. The summed E-state index contributed by atoms with van der Waals surface area (Å²) < 4.78 is 0. The van der Waals surface area contributed by atoms with Crippen LogP contribution in [0, 0.1) is 5.41 Å². The normalized spacial score (nSPS) is 16.8. The third-order valence-electron chi connectivity index (χ3n) is 9.20. The molecular formula is C36H54N2O4. The molecular weight excluding hydrogens is 524 g/mol. The van der Waals surface area contributed by atoms with E-state index in [0.29, 0.717) is 38.5 Å². The molecule has 0 heterocycles. The van der Waals surface area contributed by atoms with E-state index in [4.69, 9.17) is 0 Å². The van der Waals surface area contributed by atoms with E-state index in [1.807, 2.05) is 88.4 Å². The average Bonchev–Trinajstić information content (AvgIpc) is 3.00. The SMILES string of the molecule is CCCC(O)(CCC)[C@H](NC(=O)C1(C(=O)N[C@H](c2ccccc2)C(O)(CCC)CCC)CCCCC1)c1ccccc1. The molecule has 0 unspecified atom stereocenters. The molecule has 4 N–H and O–H groups in total. The Labute approximate surface area is 253 Å². The van der Waals surface area contributed by atoms with Crippen LogP contribution in [0.2, 0.25) is 0 Å². The molecule has 0 aliphatic heterocycles. The lowest BCUT2D eigenvalue weighted by Crippen LogP contribution is -2.58. The molecule has 2 amide bonds. The number of rotatable bonds is 16. The van der Waals surface area contributed by atoms with E-state index in [1.54, 1.807) is 0 Å². The zero-order chi connectivity index (χ0) is 30.6. The first-order valence-electron chi connectivity index (χ1n) is 16.4. The first kappa shape index (κ1) is 33.8. The van der Waals surface area contributed by atoms with Gasteiger partial charge in [-0.25, -0.2) is 0 Å². The lowest BCUT2D eigenvalue weighted by atomic mass is 9.71. The number of benzene rings is 2. The highest BCUT2D eigenvalue weighted by atomic mass is 16.3. The van der Waals surface area contributed by atoms with Gasteiger partial charge in [0.2, 0.25) is 11.8 Å². The predicted octanol–water partition coefficient (Wildman–Crippen LogP) is 7.31. The van der Waals surface area contributed by atoms with Crippen molar-refractivity contribution >= 4 is 11.8 Å². The van der Waals surface area contributed by atoms with Crippen molar-refractivity contribution in [2.75, 3.05) is 0 Å². The number of aliphatic hydroxyl groups is 2. The molecule has 1 aliphatic rings. The standard InChI is InChI=1S/C36H54N2O4/c1-5-22-35(41,23-6-2)30(28-18-12-9-13-19-28)37-32(39)34(26-16-11-17-27-34)33(40)38-31(29-20-14-10-15-21-29)36(42,24-7-3)25-8-4/h9-10,12-15,18-21,30-31,41-42H,5-8,11,16-17,22-27H2,1-4H3,(H,37,39)(H,38,40)/t30-,31-/m1/s1. The van der Waals surface area contributed by atoms with Crippen molar-refractivity contribution in [2.24, 2.45) is 5.41 Å². The van der Waals surface area contributed by atoms with Crippen LogP contribution < -0.4 is 10.6 Å². The van der Waals surface area contributed by atoms with Gasteiger partial charge in [-0.05, 0) is 49.7 Å². The van der Waals surface area contributed by atoms with Crippen LogP contribution >= 0.6 is 0 Å². The van der Waals surface area contributed by atoms with Gasteiger partial charge in [-0.2, -0.15) is 0 Å². The molecule has 2 aromatic rings. The third kappa shape index (κ3) is 7.82. The second-order valence-corrected chi connectivity index (χ2v) is 12.5. The lowest BCUT2D eigenvalue weighted by molar-refractivity contribution is -0.150. The molecule has 2 atom stereocenters. The van der Waals surface area contributed by atoms with Gasteiger partial charge in [-0.3, -0.25) is 9.59 Å². The molecule has 3 rings (SSSR count). The second-order valence-electron chi connectivity index (χ2n) is 12.5. The molecule has 6 heteroatoms. The smallest absolute Gasteiger partial charge is 0.236 e. The van der Waals surface area contributed by atoms with Crippen molar-refractivity contribution in [2.45, 2.75) is 134 Å². The van der Waals surface area contributed by atoms with E-state index in [1.165, 1.54) is 0 Å². The van der Waals surface area contributed by atoms with Gasteiger partial charge in [-0.15, -0.1) is 0 Å². The van der Waals surface area contributed by atoms with Crippen LogP contribution in [-0.2, 0) is 9.59 Å². The summed E-state index contributed by atoms with van der Waals surface area (Å²) in [7, 11) is 0. The van der Waals surface area contributed by atoms with E-state index < -0.39 is 28.7 Å². The second kappa shape index (κ2) is 15.7. The van der Waals surface area contributed by atoms with E-state index in [9.17, 15) is 19.8 Å². The minimum Gasteiger partial charge on any atom is -0.387 e. The summed E-state index contributed by atoms with van der Waals surface area (Å²) in [6.07, 6.45) is 8.63. The highest BCUT2D eigenvalue weighted by Crippen LogP contribution is 2.42. The molecule has 0 aromatic heterocycles. The molecule has 6 nitrogen and oxygen atoms in total. The maximum absolute atomic E-state index is 14.5. The van der Waals surface area contributed by atoms with Gasteiger partial charge < -0.3 is 20.8 Å². The minimum atomic E-state index is -1.28. The van der Waals surface area contributed by atoms with Crippen LogP contribution in [0.4, 0.5) is 0 Å². The monoisotopic (exact) mass is 578 g/mol. The maximum atomic E-state index is 14.5. The topological polar surface area (TPSA) is 98.7 Å². The summed E-state index contributed by atoms with van der Waals surface area (Å²) in [6.45, 7) is 8.16. The Kier molecular flexibility index (Phi) is 12.6. The molecule has 0 spiro atoms. The first-order chi connectivity index (χ1) is 20.2. The van der Waals surface area contributed by atoms with Crippen molar-refractivity contribution in [3.63, 3.8) is 0 Å². The summed E-state index contributed by atoms with van der Waals surface area (Å²) in [5.41, 5.74) is -1.88. The maximum Gasteiger partial charge on any atom is 0.236 e. The quantitative estimate of drug-likeness (QED) is 0.157. The number of amides is 2. The summed E-state index contributed by atoms with van der Waals surface area (Å²) >= 11 is 0. The molecule has 0 bridgehead atoms. The molecule has 1 aliphatic carbocycles. The van der Waals surface area contributed by atoms with Crippen molar-refractivity contribution < 1.29 is 19.8 Å². The fraction of sp³-hybridized carbons (Fsp3) is 0.611. The van der Waals surface area contributed by atoms with Crippen molar-refractivity contribution in [3.05, 3.63) is 71.8 Å². The van der Waals surface area contributed by atoms with Gasteiger partial charge >= 0.3 is 0 Å². The van der Waals surface area contributed by atoms with Crippen molar-refractivity contribution in [3.8, 4) is 0 Å². The Morgan fingerprint density at radius 3 is 1.29 bits per heavy atom. The molecule has 42 heavy (non-hydrogen) atoms. The number of hydrogen-bond donors (Lipinski definition) is 4. The summed E-state index contributed by atoms with van der Waals surface area (Å²) in [6, 6.07) is 18.0. The number of nitrogens with one attached hydrogen (secondary N) is 2. The minimum absolute atomic E-state index is 0.333. The van der Waals surface area contributed by atoms with Gasteiger partial charge in [0, 0.05) is 0 Å². The van der Waals surface area contributed by atoms with E-state index >= 15 is 0 Å². The van der Waals surface area contributed by atoms with E-state index in [0.717, 1.165) is 56.1 Å². The van der Waals surface area contributed by atoms with Crippen LogP contribution in [0.15, 0.2) is 60.7 Å². The molecule has 232 valence electrons. The fourth-order valence-electron chi connectivity index (χ4n) is 7.16. The van der Waals surface area contributed by atoms with Crippen LogP contribution in [0.3, 0.4) is 0 Å². The predicted molar refractivity (Wildman–Crippen MR) is 170 cm³/mol. The van der Waals surface area contributed by atoms with Crippen LogP contribution in [0.5, 0.6) is 0 Å². The first-order valence-corrected chi connectivity index (χ1v) is 16.4. The zero-order valence-corrected chi connectivity index (χ0v) is 26.3. The van der Waals surface area contributed by atoms with Gasteiger partial charge in [0.15, 0.2) is 0 Å². The Bertz CT molecular complexity index is 1000. The van der Waals surface area contributed by atoms with Crippen LogP contribution in [0.25, 0.3) is 0 Å². The fourth-order valence-corrected chi connectivity index (χ4v) is 7.16. The van der Waals surface area contributed by atoms with E-state index in [2.05, 4.69) is 10.6 Å². The number of carbonyl (C=O) groups excluding carboxylic acids is 2. The summed E-state index contributed by atoms with van der Waals surface area (Å²) in [5, 5.41) is 30.4. The Balaban J connectivity index is 2.03. The van der Waals surface area contributed by atoms with Crippen molar-refractivity contribution in [1.29, 1.82) is 0 Å². The third-order valence-corrected chi connectivity index (χ3v) is 9.20.